The topological polar surface area (TPSA) is 112 Å². The van der Waals surface area contributed by atoms with E-state index >= 15 is 0 Å². The molecular weight excluding hydrogens is 454 g/mol. The van der Waals surface area contributed by atoms with Crippen LogP contribution in [0.25, 0.3) is 10.9 Å². The summed E-state index contributed by atoms with van der Waals surface area (Å²) < 4.78 is 34.6. The summed E-state index contributed by atoms with van der Waals surface area (Å²) in [5.41, 5.74) is 2.66. The largest absolute Gasteiger partial charge is 0.455 e. The number of hydrogen-bond acceptors (Lipinski definition) is 7. The quantitative estimate of drug-likeness (QED) is 0.564. The van der Waals surface area contributed by atoms with Gasteiger partial charge in [0.15, 0.2) is 0 Å². The summed E-state index contributed by atoms with van der Waals surface area (Å²) in [7, 11) is -3.99. The van der Waals surface area contributed by atoms with Crippen LogP contribution in [0.4, 0.5) is 5.69 Å². The number of aryl methyl sites for hydroxylation is 1. The van der Waals surface area contributed by atoms with Crippen LogP contribution in [-0.2, 0) is 26.1 Å². The predicted molar refractivity (Wildman–Crippen MR) is 121 cm³/mol. The molecule has 10 heteroatoms. The van der Waals surface area contributed by atoms with Gasteiger partial charge in [0.2, 0.25) is 10.0 Å². The number of morpholine rings is 1. The zero-order chi connectivity index (χ0) is 22.9. The number of ether oxygens (including phenoxy) is 2. The number of primary sulfonamides is 1. The number of rotatable bonds is 5. The predicted octanol–water partition coefficient (Wildman–Crippen LogP) is 3.04. The summed E-state index contributed by atoms with van der Waals surface area (Å²) in [6.45, 7) is 3.84. The van der Waals surface area contributed by atoms with Crippen molar-refractivity contribution in [3.05, 3.63) is 64.3 Å². The number of anilines is 1. The molecule has 3 aromatic rings. The van der Waals surface area contributed by atoms with E-state index in [2.05, 4.69) is 4.98 Å². The van der Waals surface area contributed by atoms with Gasteiger partial charge in [0.25, 0.3) is 0 Å². The number of aromatic nitrogens is 1. The van der Waals surface area contributed by atoms with E-state index < -0.39 is 16.0 Å². The van der Waals surface area contributed by atoms with Crippen molar-refractivity contribution >= 4 is 44.2 Å². The number of sulfonamides is 1. The number of nitrogens with two attached hydrogens (primary N) is 1. The molecule has 1 saturated heterocycles. The average molecular weight is 476 g/mol. The lowest BCUT2D eigenvalue weighted by molar-refractivity contribution is 0.0467. The Kier molecular flexibility index (Phi) is 6.34. The molecular formula is C22H22ClN3O5S. The Balaban J connectivity index is 1.65. The van der Waals surface area contributed by atoms with E-state index in [0.717, 1.165) is 16.5 Å². The third-order valence-electron chi connectivity index (χ3n) is 5.35. The number of benzene rings is 2. The zero-order valence-corrected chi connectivity index (χ0v) is 18.9. The van der Waals surface area contributed by atoms with Crippen LogP contribution in [0.15, 0.2) is 47.4 Å². The zero-order valence-electron chi connectivity index (χ0n) is 17.4. The summed E-state index contributed by atoms with van der Waals surface area (Å²) in [6, 6.07) is 11.7. The highest BCUT2D eigenvalue weighted by Crippen LogP contribution is 2.29. The lowest BCUT2D eigenvalue weighted by Gasteiger charge is -2.30. The minimum absolute atomic E-state index is 0.104. The van der Waals surface area contributed by atoms with Crippen molar-refractivity contribution in [2.75, 3.05) is 31.2 Å². The van der Waals surface area contributed by atoms with Crippen molar-refractivity contribution in [1.29, 1.82) is 0 Å². The lowest BCUT2D eigenvalue weighted by Crippen LogP contribution is -2.37. The van der Waals surface area contributed by atoms with Gasteiger partial charge in [-0.15, -0.1) is 0 Å². The maximum atomic E-state index is 13.0. The molecule has 168 valence electrons. The van der Waals surface area contributed by atoms with Gasteiger partial charge in [-0.3, -0.25) is 0 Å². The van der Waals surface area contributed by atoms with Crippen molar-refractivity contribution in [2.24, 2.45) is 5.14 Å². The van der Waals surface area contributed by atoms with E-state index in [1.165, 1.54) is 12.1 Å². The third-order valence-corrected chi connectivity index (χ3v) is 6.77. The molecule has 1 fully saturated rings. The molecule has 4 rings (SSSR count). The second-order valence-electron chi connectivity index (χ2n) is 7.41. The molecule has 0 unspecified atom stereocenters. The second kappa shape index (κ2) is 9.03. The van der Waals surface area contributed by atoms with Crippen molar-refractivity contribution in [3.63, 3.8) is 0 Å². The molecule has 0 saturated carbocycles. The van der Waals surface area contributed by atoms with Gasteiger partial charge in [0.1, 0.15) is 6.61 Å². The summed E-state index contributed by atoms with van der Waals surface area (Å²) in [4.78, 5) is 19.3. The van der Waals surface area contributed by atoms with E-state index in [4.69, 9.17) is 26.2 Å². The first-order valence-electron chi connectivity index (χ1n) is 9.96. The molecule has 2 heterocycles. The Hall–Kier alpha value is -2.72. The maximum absolute atomic E-state index is 13.0. The highest BCUT2D eigenvalue weighted by Gasteiger charge is 2.23. The SMILES string of the molecule is Cc1c(Cl)c(COC(=O)c2cc(S(N)(=O)=O)ccc2N2CCOCC2)nc2ccccc12. The molecule has 0 amide bonds. The average Bonchev–Trinajstić information content (AvgIpc) is 2.80. The number of esters is 1. The Bertz CT molecular complexity index is 1290. The van der Waals surface area contributed by atoms with E-state index in [9.17, 15) is 13.2 Å². The smallest absolute Gasteiger partial charge is 0.340 e. The minimum atomic E-state index is -3.99. The van der Waals surface area contributed by atoms with Crippen LogP contribution in [0.2, 0.25) is 5.02 Å². The number of carbonyl (C=O) groups is 1. The fraction of sp³-hybridized carbons (Fsp3) is 0.273. The van der Waals surface area contributed by atoms with Crippen LogP contribution in [0, 0.1) is 6.92 Å². The standard InChI is InChI=1S/C22H22ClN3O5S/c1-14-16-4-2-3-5-18(16)25-19(21(14)23)13-31-22(27)17-12-15(32(24,28)29)6-7-20(17)26-8-10-30-11-9-26/h2-7,12H,8-11,13H2,1H3,(H2,24,28,29). The Morgan fingerprint density at radius 3 is 2.66 bits per heavy atom. The Morgan fingerprint density at radius 1 is 1.22 bits per heavy atom. The van der Waals surface area contributed by atoms with E-state index in [1.807, 2.05) is 36.1 Å². The van der Waals surface area contributed by atoms with Crippen molar-refractivity contribution in [3.8, 4) is 0 Å². The number of carbonyl (C=O) groups excluding carboxylic acids is 1. The van der Waals surface area contributed by atoms with Gasteiger partial charge in [-0.2, -0.15) is 0 Å². The third kappa shape index (κ3) is 4.56. The summed E-state index contributed by atoms with van der Waals surface area (Å²) >= 11 is 6.47. The first-order chi connectivity index (χ1) is 15.3. The van der Waals surface area contributed by atoms with Gasteiger partial charge in [0.05, 0.1) is 45.6 Å². The monoisotopic (exact) mass is 475 g/mol. The van der Waals surface area contributed by atoms with Crippen molar-refractivity contribution in [1.82, 2.24) is 4.98 Å². The van der Waals surface area contributed by atoms with Crippen LogP contribution in [0.1, 0.15) is 21.6 Å². The van der Waals surface area contributed by atoms with E-state index in [1.54, 1.807) is 6.07 Å². The van der Waals surface area contributed by atoms with E-state index in [-0.39, 0.29) is 17.1 Å². The number of hydrogen-bond donors (Lipinski definition) is 1. The normalized spacial score (nSPS) is 14.5. The Labute approximate surface area is 190 Å². The fourth-order valence-electron chi connectivity index (χ4n) is 3.66. The number of pyridine rings is 1. The molecule has 0 radical (unpaired) electrons. The van der Waals surface area contributed by atoms with Gasteiger partial charge in [-0.1, -0.05) is 29.8 Å². The van der Waals surface area contributed by atoms with Crippen LogP contribution in [0.3, 0.4) is 0 Å². The summed E-state index contributed by atoms with van der Waals surface area (Å²) in [5, 5.41) is 6.61. The second-order valence-corrected chi connectivity index (χ2v) is 9.35. The molecule has 0 atom stereocenters. The molecule has 1 aromatic heterocycles. The molecule has 1 aliphatic rings. The number of fused-ring (bicyclic) bond motifs is 1. The first kappa shape index (κ1) is 22.5. The molecule has 0 spiro atoms. The van der Waals surface area contributed by atoms with Gasteiger partial charge in [-0.25, -0.2) is 23.3 Å². The van der Waals surface area contributed by atoms with E-state index in [0.29, 0.717) is 42.7 Å². The van der Waals surface area contributed by atoms with Gasteiger partial charge in [-0.05, 0) is 36.8 Å². The van der Waals surface area contributed by atoms with Gasteiger partial charge < -0.3 is 14.4 Å². The van der Waals surface area contributed by atoms with Crippen LogP contribution >= 0.6 is 11.6 Å². The molecule has 2 aromatic carbocycles. The van der Waals surface area contributed by atoms with Crippen molar-refractivity contribution in [2.45, 2.75) is 18.4 Å². The van der Waals surface area contributed by atoms with Crippen LogP contribution in [-0.4, -0.2) is 45.7 Å². The molecule has 0 bridgehead atoms. The number of para-hydroxylation sites is 1. The molecule has 8 nitrogen and oxygen atoms in total. The molecule has 1 aliphatic heterocycles. The van der Waals surface area contributed by atoms with Gasteiger partial charge >= 0.3 is 5.97 Å². The molecule has 32 heavy (non-hydrogen) atoms. The van der Waals surface area contributed by atoms with Crippen LogP contribution in [0.5, 0.6) is 0 Å². The molecule has 2 N–H and O–H groups in total. The highest BCUT2D eigenvalue weighted by atomic mass is 35.5. The minimum Gasteiger partial charge on any atom is -0.455 e. The summed E-state index contributed by atoms with van der Waals surface area (Å²) in [6.07, 6.45) is 0. The molecule has 0 aliphatic carbocycles. The maximum Gasteiger partial charge on any atom is 0.340 e. The Morgan fingerprint density at radius 2 is 1.94 bits per heavy atom. The number of nitrogens with zero attached hydrogens (tertiary/aromatic N) is 2. The number of halogens is 1. The summed E-state index contributed by atoms with van der Waals surface area (Å²) in [5.74, 6) is -0.694. The van der Waals surface area contributed by atoms with Crippen LogP contribution < -0.4 is 10.0 Å². The first-order valence-corrected chi connectivity index (χ1v) is 11.9. The fourth-order valence-corrected chi connectivity index (χ4v) is 4.40. The highest BCUT2D eigenvalue weighted by molar-refractivity contribution is 7.89. The lowest BCUT2D eigenvalue weighted by atomic mass is 10.1. The van der Waals surface area contributed by atoms with Gasteiger partial charge in [0, 0.05) is 18.5 Å². The van der Waals surface area contributed by atoms with Crippen molar-refractivity contribution < 1.29 is 22.7 Å².